The summed E-state index contributed by atoms with van der Waals surface area (Å²) in [6.45, 7) is 1.97. The number of hydrogen-bond donors (Lipinski definition) is 2. The summed E-state index contributed by atoms with van der Waals surface area (Å²) in [6, 6.07) is 20.6. The van der Waals surface area contributed by atoms with Gasteiger partial charge in [-0.3, -0.25) is 4.79 Å². The predicted molar refractivity (Wildman–Crippen MR) is 120 cm³/mol. The summed E-state index contributed by atoms with van der Waals surface area (Å²) in [5.74, 6) is -1.09. The highest BCUT2D eigenvalue weighted by Gasteiger charge is 2.25. The number of halogens is 1. The minimum Gasteiger partial charge on any atom is -0.478 e. The number of amides is 1. The fourth-order valence-corrected chi connectivity index (χ4v) is 3.99. The van der Waals surface area contributed by atoms with Gasteiger partial charge in [0.05, 0.1) is 16.8 Å². The van der Waals surface area contributed by atoms with Gasteiger partial charge in [-0.2, -0.15) is 0 Å². The Labute approximate surface area is 183 Å². The molecule has 1 aliphatic rings. The van der Waals surface area contributed by atoms with Gasteiger partial charge in [0.25, 0.3) is 5.91 Å². The van der Waals surface area contributed by atoms with E-state index in [4.69, 9.17) is 5.11 Å². The van der Waals surface area contributed by atoms with Crippen LogP contribution >= 0.6 is 15.9 Å². The van der Waals surface area contributed by atoms with Crippen molar-refractivity contribution in [1.82, 2.24) is 5.32 Å². The monoisotopic (exact) mass is 464 g/mol. The number of carbonyl (C=O) groups excluding carboxylic acids is 1. The lowest BCUT2D eigenvalue weighted by Gasteiger charge is -2.22. The Kier molecular flexibility index (Phi) is 5.86. The zero-order valence-electron chi connectivity index (χ0n) is 16.3. The summed E-state index contributed by atoms with van der Waals surface area (Å²) in [5.41, 5.74) is 5.14. The van der Waals surface area contributed by atoms with Gasteiger partial charge in [0, 0.05) is 24.1 Å². The molecule has 0 unspecified atom stereocenters. The third-order valence-electron chi connectivity index (χ3n) is 5.27. The maximum Gasteiger partial charge on any atom is 0.335 e. The second-order valence-corrected chi connectivity index (χ2v) is 8.21. The first-order valence-corrected chi connectivity index (χ1v) is 10.5. The Balaban J connectivity index is 1.49. The van der Waals surface area contributed by atoms with E-state index >= 15 is 0 Å². The van der Waals surface area contributed by atoms with Gasteiger partial charge in [0.1, 0.15) is 0 Å². The standard InChI is InChI=1S/C24H21BrN2O3/c25-20-10-6-17(7-11-20)15-27-13-12-18-2-1-3-21(22(18)27)23(28)26-14-16-4-8-19(9-5-16)24(29)30/h1-11H,12-15H2,(H,26,28)(H,29,30). The largest absolute Gasteiger partial charge is 0.478 e. The molecule has 3 aromatic carbocycles. The molecule has 0 saturated heterocycles. The normalized spacial score (nSPS) is 12.5. The number of nitrogens with one attached hydrogen (secondary N) is 1. The summed E-state index contributed by atoms with van der Waals surface area (Å²) >= 11 is 3.47. The average molecular weight is 465 g/mol. The maximum absolute atomic E-state index is 13.0. The Morgan fingerprint density at radius 2 is 1.67 bits per heavy atom. The first-order valence-electron chi connectivity index (χ1n) is 9.73. The summed E-state index contributed by atoms with van der Waals surface area (Å²) in [7, 11) is 0. The van der Waals surface area contributed by atoms with Crippen LogP contribution in [-0.4, -0.2) is 23.5 Å². The third-order valence-corrected chi connectivity index (χ3v) is 5.80. The number of para-hydroxylation sites is 1. The van der Waals surface area contributed by atoms with E-state index in [1.165, 1.54) is 11.1 Å². The molecule has 0 aliphatic carbocycles. The third kappa shape index (κ3) is 4.39. The van der Waals surface area contributed by atoms with Crippen molar-refractivity contribution in [3.63, 3.8) is 0 Å². The van der Waals surface area contributed by atoms with Crippen molar-refractivity contribution in [1.29, 1.82) is 0 Å². The second-order valence-electron chi connectivity index (χ2n) is 7.30. The number of aromatic carboxylic acids is 1. The van der Waals surface area contributed by atoms with E-state index in [-0.39, 0.29) is 11.5 Å². The Bertz CT molecular complexity index is 1080. The minimum absolute atomic E-state index is 0.128. The smallest absolute Gasteiger partial charge is 0.335 e. The molecule has 5 nitrogen and oxygen atoms in total. The van der Waals surface area contributed by atoms with E-state index in [1.54, 1.807) is 24.3 Å². The first-order chi connectivity index (χ1) is 14.5. The molecule has 2 N–H and O–H groups in total. The van der Waals surface area contributed by atoms with Gasteiger partial charge in [-0.15, -0.1) is 0 Å². The van der Waals surface area contributed by atoms with Crippen molar-refractivity contribution in [2.45, 2.75) is 19.5 Å². The van der Waals surface area contributed by atoms with Crippen molar-refractivity contribution in [3.8, 4) is 0 Å². The minimum atomic E-state index is -0.962. The zero-order chi connectivity index (χ0) is 21.1. The second kappa shape index (κ2) is 8.71. The van der Waals surface area contributed by atoms with Crippen LogP contribution in [0.25, 0.3) is 0 Å². The van der Waals surface area contributed by atoms with Gasteiger partial charge < -0.3 is 15.3 Å². The molecule has 1 amide bonds. The van der Waals surface area contributed by atoms with Crippen LogP contribution in [0.3, 0.4) is 0 Å². The molecule has 0 radical (unpaired) electrons. The van der Waals surface area contributed by atoms with Crippen LogP contribution in [0, 0.1) is 0 Å². The van der Waals surface area contributed by atoms with Crippen molar-refractivity contribution in [2.75, 3.05) is 11.4 Å². The van der Waals surface area contributed by atoms with E-state index in [0.29, 0.717) is 12.1 Å². The molecule has 4 rings (SSSR count). The number of carboxylic acid groups (broad SMARTS) is 1. The van der Waals surface area contributed by atoms with E-state index in [2.05, 4.69) is 44.3 Å². The lowest BCUT2D eigenvalue weighted by Crippen LogP contribution is -2.27. The fraction of sp³-hybridized carbons (Fsp3) is 0.167. The van der Waals surface area contributed by atoms with Crippen LogP contribution in [0.15, 0.2) is 71.2 Å². The molecule has 3 aromatic rings. The van der Waals surface area contributed by atoms with Crippen molar-refractivity contribution in [2.24, 2.45) is 0 Å². The molecule has 1 aliphatic heterocycles. The van der Waals surface area contributed by atoms with E-state index in [1.807, 2.05) is 24.3 Å². The number of anilines is 1. The highest BCUT2D eigenvalue weighted by atomic mass is 79.9. The van der Waals surface area contributed by atoms with Crippen LogP contribution in [0.5, 0.6) is 0 Å². The van der Waals surface area contributed by atoms with Gasteiger partial charge in [-0.25, -0.2) is 4.79 Å². The molecule has 152 valence electrons. The fourth-order valence-electron chi connectivity index (χ4n) is 3.73. The van der Waals surface area contributed by atoms with Gasteiger partial charge in [-0.05, 0) is 53.4 Å². The first kappa shape index (κ1) is 20.2. The molecule has 6 heteroatoms. The number of carbonyl (C=O) groups is 2. The number of nitrogens with zero attached hydrogens (tertiary/aromatic N) is 1. The van der Waals surface area contributed by atoms with Crippen LogP contribution in [0.1, 0.15) is 37.4 Å². The molecule has 0 fully saturated rings. The maximum atomic E-state index is 13.0. The summed E-state index contributed by atoms with van der Waals surface area (Å²) in [6.07, 6.45) is 0.920. The predicted octanol–water partition coefficient (Wildman–Crippen LogP) is 4.64. The Hall–Kier alpha value is -3.12. The van der Waals surface area contributed by atoms with E-state index < -0.39 is 5.97 Å². The SMILES string of the molecule is O=C(O)c1ccc(CNC(=O)c2cccc3c2N(Cc2ccc(Br)cc2)CC3)cc1. The topological polar surface area (TPSA) is 69.6 Å². The molecule has 0 aromatic heterocycles. The molecule has 0 saturated carbocycles. The molecule has 0 bridgehead atoms. The Morgan fingerprint density at radius 1 is 0.967 bits per heavy atom. The lowest BCUT2D eigenvalue weighted by molar-refractivity contribution is 0.0696. The average Bonchev–Trinajstić information content (AvgIpc) is 3.17. The molecule has 0 spiro atoms. The van der Waals surface area contributed by atoms with Gasteiger partial charge in [0.2, 0.25) is 0 Å². The number of fused-ring (bicyclic) bond motifs is 1. The molecule has 1 heterocycles. The van der Waals surface area contributed by atoms with Crippen molar-refractivity contribution in [3.05, 3.63) is 99.0 Å². The highest BCUT2D eigenvalue weighted by Crippen LogP contribution is 2.33. The van der Waals surface area contributed by atoms with Crippen LogP contribution in [0.4, 0.5) is 5.69 Å². The molecule has 0 atom stereocenters. The van der Waals surface area contributed by atoms with Crippen LogP contribution < -0.4 is 10.2 Å². The van der Waals surface area contributed by atoms with Crippen LogP contribution in [0.2, 0.25) is 0 Å². The number of rotatable bonds is 6. The summed E-state index contributed by atoms with van der Waals surface area (Å²) in [5, 5.41) is 12.0. The number of benzene rings is 3. The summed E-state index contributed by atoms with van der Waals surface area (Å²) < 4.78 is 1.05. The number of hydrogen-bond acceptors (Lipinski definition) is 3. The van der Waals surface area contributed by atoms with Gasteiger partial charge in [-0.1, -0.05) is 52.3 Å². The molecular formula is C24H21BrN2O3. The lowest BCUT2D eigenvalue weighted by atomic mass is 10.1. The Morgan fingerprint density at radius 3 is 2.37 bits per heavy atom. The van der Waals surface area contributed by atoms with Gasteiger partial charge in [0.15, 0.2) is 0 Å². The van der Waals surface area contributed by atoms with E-state index in [9.17, 15) is 9.59 Å². The van der Waals surface area contributed by atoms with Crippen molar-refractivity contribution < 1.29 is 14.7 Å². The highest BCUT2D eigenvalue weighted by molar-refractivity contribution is 9.10. The van der Waals surface area contributed by atoms with Crippen molar-refractivity contribution >= 4 is 33.5 Å². The zero-order valence-corrected chi connectivity index (χ0v) is 17.9. The summed E-state index contributed by atoms with van der Waals surface area (Å²) in [4.78, 5) is 26.2. The van der Waals surface area contributed by atoms with Crippen LogP contribution in [-0.2, 0) is 19.5 Å². The molecule has 30 heavy (non-hydrogen) atoms. The quantitative estimate of drug-likeness (QED) is 0.557. The molecular weight excluding hydrogens is 444 g/mol. The van der Waals surface area contributed by atoms with E-state index in [0.717, 1.165) is 35.2 Å². The van der Waals surface area contributed by atoms with Gasteiger partial charge >= 0.3 is 5.97 Å². The number of carboxylic acids is 1.